The Hall–Kier alpha value is -1.36. The highest BCUT2D eigenvalue weighted by molar-refractivity contribution is 5.87. The van der Waals surface area contributed by atoms with Crippen LogP contribution >= 0.6 is 0 Å². The van der Waals surface area contributed by atoms with Crippen molar-refractivity contribution >= 4 is 5.97 Å². The van der Waals surface area contributed by atoms with Gasteiger partial charge in [0, 0.05) is 12.4 Å². The van der Waals surface area contributed by atoms with E-state index in [2.05, 4.69) is 0 Å². The van der Waals surface area contributed by atoms with Crippen LogP contribution in [0.25, 0.3) is 0 Å². The summed E-state index contributed by atoms with van der Waals surface area (Å²) in [4.78, 5) is 10.8. The van der Waals surface area contributed by atoms with Gasteiger partial charge in [0.25, 0.3) is 0 Å². The fraction of sp³-hybridized carbons (Fsp3) is 0.583. The van der Waals surface area contributed by atoms with Crippen molar-refractivity contribution in [3.63, 3.8) is 0 Å². The van der Waals surface area contributed by atoms with Crippen molar-refractivity contribution in [3.8, 4) is 0 Å². The second-order valence-corrected chi connectivity index (χ2v) is 4.25. The molecule has 5 heteroatoms. The van der Waals surface area contributed by atoms with E-state index in [1.807, 2.05) is 4.57 Å². The van der Waals surface area contributed by atoms with E-state index in [1.165, 1.54) is 0 Å². The third kappa shape index (κ3) is 2.66. The van der Waals surface area contributed by atoms with E-state index in [0.29, 0.717) is 0 Å². The number of hydrogen-bond donors (Lipinski definition) is 1. The van der Waals surface area contributed by atoms with Gasteiger partial charge in [-0.25, -0.2) is 9.18 Å². The molecule has 1 aromatic rings. The first-order valence-corrected chi connectivity index (χ1v) is 5.80. The zero-order valence-corrected chi connectivity index (χ0v) is 9.51. The van der Waals surface area contributed by atoms with Gasteiger partial charge in [0.2, 0.25) is 0 Å². The lowest BCUT2D eigenvalue weighted by Crippen LogP contribution is -2.22. The van der Waals surface area contributed by atoms with E-state index in [1.54, 1.807) is 18.5 Å². The molecule has 1 aliphatic rings. The molecule has 1 heterocycles. The Labute approximate surface area is 99.0 Å². The number of ether oxygens (including phenoxy) is 1. The van der Waals surface area contributed by atoms with Crippen molar-refractivity contribution in [3.05, 3.63) is 24.0 Å². The van der Waals surface area contributed by atoms with Gasteiger partial charge < -0.3 is 14.4 Å². The van der Waals surface area contributed by atoms with Crippen LogP contribution in [0.3, 0.4) is 0 Å². The minimum absolute atomic E-state index is 0.000190. The summed E-state index contributed by atoms with van der Waals surface area (Å²) in [6, 6.07) is 1.71. The molecule has 0 bridgehead atoms. The molecule has 0 spiro atoms. The first kappa shape index (κ1) is 12.1. The lowest BCUT2D eigenvalue weighted by Gasteiger charge is -2.21. The topological polar surface area (TPSA) is 51.5 Å². The summed E-state index contributed by atoms with van der Waals surface area (Å²) < 4.78 is 19.4. The van der Waals surface area contributed by atoms with Crippen LogP contribution in [0, 0.1) is 0 Å². The van der Waals surface area contributed by atoms with Crippen LogP contribution in [-0.4, -0.2) is 35.0 Å². The Bertz CT molecular complexity index is 391. The maximum Gasteiger partial charge on any atom is 0.337 e. The molecule has 1 fully saturated rings. The quantitative estimate of drug-likeness (QED) is 0.860. The summed E-state index contributed by atoms with van der Waals surface area (Å²) in [6.45, 7) is -0.358. The number of aromatic carboxylic acids is 1. The molecular formula is C12H16FNO3. The van der Waals surface area contributed by atoms with Crippen molar-refractivity contribution in [2.45, 2.75) is 31.4 Å². The number of carboxylic acid groups (broad SMARTS) is 1. The summed E-state index contributed by atoms with van der Waals surface area (Å²) in [5, 5.41) is 8.85. The van der Waals surface area contributed by atoms with E-state index >= 15 is 0 Å². The molecule has 17 heavy (non-hydrogen) atoms. The molecule has 4 nitrogen and oxygen atoms in total. The number of hydrogen-bond acceptors (Lipinski definition) is 2. The Morgan fingerprint density at radius 3 is 3.06 bits per heavy atom. The molecule has 0 aromatic carbocycles. The monoisotopic (exact) mass is 241 g/mol. The second-order valence-electron chi connectivity index (χ2n) is 4.25. The summed E-state index contributed by atoms with van der Waals surface area (Å²) in [7, 11) is 0. The van der Waals surface area contributed by atoms with Gasteiger partial charge in [0.1, 0.15) is 6.67 Å². The lowest BCUT2D eigenvalue weighted by molar-refractivity contribution is 0.0240. The standard InChI is InChI=1S/C12H16FNO3/c13-5-7-17-11-3-1-2-10(11)14-6-4-9(8-14)12(15)16/h4,6,8,10-11H,1-3,5,7H2,(H,15,16)/t10-,11-/m1/s1. The van der Waals surface area contributed by atoms with Gasteiger partial charge in [-0.2, -0.15) is 0 Å². The lowest BCUT2D eigenvalue weighted by atomic mass is 10.2. The van der Waals surface area contributed by atoms with Crippen molar-refractivity contribution < 1.29 is 19.0 Å². The molecule has 1 saturated carbocycles. The van der Waals surface area contributed by atoms with Gasteiger partial charge >= 0.3 is 5.97 Å². The van der Waals surface area contributed by atoms with Gasteiger partial charge in [-0.15, -0.1) is 0 Å². The third-order valence-electron chi connectivity index (χ3n) is 3.17. The molecule has 1 aliphatic carbocycles. The second kappa shape index (κ2) is 5.31. The molecule has 0 amide bonds. The largest absolute Gasteiger partial charge is 0.478 e. The number of halogens is 1. The van der Waals surface area contributed by atoms with Crippen LogP contribution in [0.5, 0.6) is 0 Å². The maximum atomic E-state index is 12.1. The number of nitrogens with zero attached hydrogens (tertiary/aromatic N) is 1. The van der Waals surface area contributed by atoms with Crippen LogP contribution in [-0.2, 0) is 4.74 Å². The summed E-state index contributed by atoms with van der Waals surface area (Å²) in [6.07, 6.45) is 6.26. The fourth-order valence-electron chi connectivity index (χ4n) is 2.38. The average Bonchev–Trinajstić information content (AvgIpc) is 2.94. The first-order chi connectivity index (χ1) is 8.22. The van der Waals surface area contributed by atoms with Crippen LogP contribution < -0.4 is 0 Å². The van der Waals surface area contributed by atoms with Crippen molar-refractivity contribution in [2.24, 2.45) is 0 Å². The SMILES string of the molecule is O=C(O)c1ccn([C@@H]2CCC[C@H]2OCCF)c1. The molecule has 0 aliphatic heterocycles. The number of carbonyl (C=O) groups is 1. The predicted octanol–water partition coefficient (Wildman–Crippen LogP) is 2.27. The predicted molar refractivity (Wildman–Crippen MR) is 60.0 cm³/mol. The molecular weight excluding hydrogens is 225 g/mol. The van der Waals surface area contributed by atoms with Crippen LogP contribution in [0.15, 0.2) is 18.5 Å². The summed E-state index contributed by atoms with van der Waals surface area (Å²) >= 11 is 0. The number of rotatable bonds is 5. The number of aromatic nitrogens is 1. The summed E-state index contributed by atoms with van der Waals surface area (Å²) in [5.41, 5.74) is 0.279. The Kier molecular flexibility index (Phi) is 3.78. The van der Waals surface area contributed by atoms with Crippen molar-refractivity contribution in [1.82, 2.24) is 4.57 Å². The Balaban J connectivity index is 2.06. The highest BCUT2D eigenvalue weighted by atomic mass is 19.1. The van der Waals surface area contributed by atoms with E-state index in [-0.39, 0.29) is 24.3 Å². The minimum atomic E-state index is -0.928. The van der Waals surface area contributed by atoms with Crippen LogP contribution in [0.4, 0.5) is 4.39 Å². The zero-order valence-electron chi connectivity index (χ0n) is 9.51. The highest BCUT2D eigenvalue weighted by Crippen LogP contribution is 2.32. The first-order valence-electron chi connectivity index (χ1n) is 5.80. The van der Waals surface area contributed by atoms with Gasteiger partial charge in [-0.3, -0.25) is 0 Å². The fourth-order valence-corrected chi connectivity index (χ4v) is 2.38. The Morgan fingerprint density at radius 1 is 1.59 bits per heavy atom. The number of carboxylic acids is 1. The molecule has 0 radical (unpaired) electrons. The van der Waals surface area contributed by atoms with Gasteiger partial charge in [-0.1, -0.05) is 0 Å². The van der Waals surface area contributed by atoms with Gasteiger partial charge in [0.05, 0.1) is 24.3 Å². The number of alkyl halides is 1. The van der Waals surface area contributed by atoms with E-state index in [9.17, 15) is 9.18 Å². The third-order valence-corrected chi connectivity index (χ3v) is 3.17. The van der Waals surface area contributed by atoms with Gasteiger partial charge in [-0.05, 0) is 25.3 Å². The van der Waals surface area contributed by atoms with Crippen LogP contribution in [0.1, 0.15) is 35.7 Å². The molecule has 0 saturated heterocycles. The highest BCUT2D eigenvalue weighted by Gasteiger charge is 2.29. The van der Waals surface area contributed by atoms with Crippen molar-refractivity contribution in [1.29, 1.82) is 0 Å². The molecule has 0 unspecified atom stereocenters. The average molecular weight is 241 g/mol. The Morgan fingerprint density at radius 2 is 2.41 bits per heavy atom. The molecule has 2 atom stereocenters. The van der Waals surface area contributed by atoms with E-state index in [0.717, 1.165) is 19.3 Å². The normalized spacial score (nSPS) is 24.1. The molecule has 1 N–H and O–H groups in total. The van der Waals surface area contributed by atoms with Crippen molar-refractivity contribution in [2.75, 3.05) is 13.3 Å². The zero-order chi connectivity index (χ0) is 12.3. The summed E-state index contributed by atoms with van der Waals surface area (Å²) in [5.74, 6) is -0.928. The molecule has 1 aromatic heterocycles. The molecule has 2 rings (SSSR count). The molecule has 94 valence electrons. The minimum Gasteiger partial charge on any atom is -0.478 e. The van der Waals surface area contributed by atoms with E-state index in [4.69, 9.17) is 9.84 Å². The van der Waals surface area contributed by atoms with Crippen LogP contribution in [0.2, 0.25) is 0 Å². The van der Waals surface area contributed by atoms with Gasteiger partial charge in [0.15, 0.2) is 0 Å². The maximum absolute atomic E-state index is 12.1. The van der Waals surface area contributed by atoms with E-state index < -0.39 is 12.6 Å². The smallest absolute Gasteiger partial charge is 0.337 e.